The lowest BCUT2D eigenvalue weighted by atomic mass is 10.5. The molecule has 0 saturated heterocycles. The maximum Gasteiger partial charge on any atom is 0.203 e. The van der Waals surface area contributed by atoms with Crippen molar-refractivity contribution >= 4 is 28.4 Å². The number of carbonyl (C=O) groups is 1. The molecule has 0 radical (unpaired) electrons. The molecule has 0 aromatic heterocycles. The molecule has 0 aliphatic carbocycles. The van der Waals surface area contributed by atoms with Gasteiger partial charge in [0.15, 0.2) is 0 Å². The van der Waals surface area contributed by atoms with Crippen molar-refractivity contribution in [3.8, 4) is 9.85 Å². The summed E-state index contributed by atoms with van der Waals surface area (Å²) in [5.74, 6) is 2.23. The second kappa shape index (κ2) is 3.16. The van der Waals surface area contributed by atoms with Crippen LogP contribution >= 0.6 is 22.6 Å². The summed E-state index contributed by atoms with van der Waals surface area (Å²) >= 11 is 1.82. The zero-order valence-electron chi connectivity index (χ0n) is 3.29. The Kier molecular flexibility index (Phi) is 3.14. The van der Waals surface area contributed by atoms with E-state index in [-0.39, 0.29) is 5.78 Å². The summed E-state index contributed by atoms with van der Waals surface area (Å²) in [6.07, 6.45) is 0. The number of halogens is 1. The van der Waals surface area contributed by atoms with Crippen LogP contribution in [0.3, 0.4) is 0 Å². The summed E-state index contributed by atoms with van der Waals surface area (Å²) in [5, 5.41) is 0. The molecule has 0 aromatic carbocycles. The molecule has 0 bridgehead atoms. The Morgan fingerprint density at radius 2 is 2.33 bits per heavy atom. The predicted molar refractivity (Wildman–Crippen MR) is 32.5 cm³/mol. The fourth-order valence-electron chi connectivity index (χ4n) is 0.0665. The molecule has 32 valence electrons. The van der Waals surface area contributed by atoms with Crippen molar-refractivity contribution in [2.75, 3.05) is 0 Å². The van der Waals surface area contributed by atoms with Crippen LogP contribution in [0.5, 0.6) is 0 Å². The fourth-order valence-corrected chi connectivity index (χ4v) is 0.446. The van der Waals surface area contributed by atoms with Crippen molar-refractivity contribution in [3.05, 3.63) is 0 Å². The number of hydrogen-bond acceptors (Lipinski definition) is 1. The first-order chi connectivity index (χ1) is 2.77. The maximum atomic E-state index is 9.87. The highest BCUT2D eigenvalue weighted by Crippen LogP contribution is 1.69. The van der Waals surface area contributed by atoms with Crippen molar-refractivity contribution in [3.63, 3.8) is 0 Å². The van der Waals surface area contributed by atoms with Crippen LogP contribution in [0.1, 0.15) is 6.92 Å². The van der Waals surface area contributed by atoms with E-state index in [2.05, 4.69) is 9.85 Å². The molecule has 0 amide bonds. The molecule has 0 atom stereocenters. The van der Waals surface area contributed by atoms with Crippen LogP contribution in [0.4, 0.5) is 0 Å². The normalized spacial score (nSPS) is 5.67. The highest BCUT2D eigenvalue weighted by atomic mass is 127. The molecule has 0 fully saturated rings. The van der Waals surface area contributed by atoms with Gasteiger partial charge in [0.2, 0.25) is 5.78 Å². The Hall–Kier alpha value is -0.0400. The Morgan fingerprint density at radius 1 is 1.83 bits per heavy atom. The number of Topliss-reactive ketones (excluding diaryl/α,β-unsaturated/α-hetero) is 1. The molecule has 0 heterocycles. The first-order valence-electron chi connectivity index (χ1n) is 1.39. The zero-order valence-corrected chi connectivity index (χ0v) is 5.44. The van der Waals surface area contributed by atoms with Crippen LogP contribution in [0.15, 0.2) is 0 Å². The maximum absolute atomic E-state index is 9.87. The topological polar surface area (TPSA) is 17.1 Å². The van der Waals surface area contributed by atoms with E-state index >= 15 is 0 Å². The van der Waals surface area contributed by atoms with E-state index in [9.17, 15) is 4.79 Å². The van der Waals surface area contributed by atoms with Gasteiger partial charge in [0, 0.05) is 29.5 Å². The fraction of sp³-hybridized carbons (Fsp3) is 0.250. The molecular weight excluding hydrogens is 191 g/mol. The monoisotopic (exact) mass is 194 g/mol. The van der Waals surface area contributed by atoms with Crippen LogP contribution in [0.25, 0.3) is 0 Å². The van der Waals surface area contributed by atoms with E-state index in [4.69, 9.17) is 0 Å². The zero-order chi connectivity index (χ0) is 4.99. The first-order valence-corrected chi connectivity index (χ1v) is 2.47. The number of rotatable bonds is 0. The molecule has 0 N–H and O–H groups in total. The van der Waals surface area contributed by atoms with Gasteiger partial charge in [-0.3, -0.25) is 4.79 Å². The SMILES string of the molecule is CC(=O)C#CI. The lowest BCUT2D eigenvalue weighted by molar-refractivity contribution is -0.111. The van der Waals surface area contributed by atoms with E-state index in [1.165, 1.54) is 6.92 Å². The molecule has 6 heavy (non-hydrogen) atoms. The standard InChI is InChI=1S/C4H3IO/c1-4(6)2-3-5/h1H3. The van der Waals surface area contributed by atoms with E-state index in [1.54, 1.807) is 0 Å². The second-order valence-corrected chi connectivity index (χ2v) is 1.32. The van der Waals surface area contributed by atoms with Crippen molar-refractivity contribution in [2.45, 2.75) is 6.92 Å². The van der Waals surface area contributed by atoms with E-state index in [0.717, 1.165) is 0 Å². The van der Waals surface area contributed by atoms with Gasteiger partial charge >= 0.3 is 0 Å². The Labute approximate surface area is 50.3 Å². The van der Waals surface area contributed by atoms with E-state index in [0.29, 0.717) is 0 Å². The van der Waals surface area contributed by atoms with E-state index < -0.39 is 0 Å². The summed E-state index contributed by atoms with van der Waals surface area (Å²) in [6.45, 7) is 1.44. The minimum Gasteiger partial charge on any atom is -0.285 e. The molecule has 1 nitrogen and oxygen atoms in total. The van der Waals surface area contributed by atoms with Crippen LogP contribution < -0.4 is 0 Å². The molecule has 2 heteroatoms. The van der Waals surface area contributed by atoms with Gasteiger partial charge in [0.05, 0.1) is 0 Å². The summed E-state index contributed by atoms with van der Waals surface area (Å²) in [7, 11) is 0. The smallest absolute Gasteiger partial charge is 0.203 e. The van der Waals surface area contributed by atoms with Crippen molar-refractivity contribution in [1.29, 1.82) is 0 Å². The third-order valence-corrected chi connectivity index (χ3v) is 0.493. The minimum atomic E-state index is -0.0793. The molecule has 0 aliphatic heterocycles. The highest BCUT2D eigenvalue weighted by Gasteiger charge is 1.72. The molecule has 0 aliphatic rings. The third-order valence-electron chi connectivity index (χ3n) is 0.223. The van der Waals surface area contributed by atoms with Crippen molar-refractivity contribution in [2.24, 2.45) is 0 Å². The molecular formula is C4H3IO. The lowest BCUT2D eigenvalue weighted by Crippen LogP contribution is -1.77. The van der Waals surface area contributed by atoms with Gasteiger partial charge in [-0.05, 0) is 9.85 Å². The lowest BCUT2D eigenvalue weighted by Gasteiger charge is -1.60. The van der Waals surface area contributed by atoms with Gasteiger partial charge in [-0.15, -0.1) is 0 Å². The van der Waals surface area contributed by atoms with E-state index in [1.807, 2.05) is 22.6 Å². The van der Waals surface area contributed by atoms with Crippen molar-refractivity contribution in [1.82, 2.24) is 0 Å². The molecule has 0 rings (SSSR count). The summed E-state index contributed by atoms with van der Waals surface area (Å²) in [5.41, 5.74) is 0. The Bertz CT molecular complexity index is 106. The van der Waals surface area contributed by atoms with Crippen LogP contribution in [-0.4, -0.2) is 5.78 Å². The quantitative estimate of drug-likeness (QED) is 0.414. The molecule has 0 aromatic rings. The largest absolute Gasteiger partial charge is 0.285 e. The van der Waals surface area contributed by atoms with Gasteiger partial charge in [0.1, 0.15) is 0 Å². The van der Waals surface area contributed by atoms with Gasteiger partial charge in [-0.1, -0.05) is 0 Å². The van der Waals surface area contributed by atoms with Crippen LogP contribution in [0, 0.1) is 9.85 Å². The van der Waals surface area contributed by atoms with Crippen LogP contribution in [-0.2, 0) is 4.79 Å². The third kappa shape index (κ3) is 3.96. The molecule has 0 unspecified atom stereocenters. The number of carbonyl (C=O) groups excluding carboxylic acids is 1. The van der Waals surface area contributed by atoms with Crippen LogP contribution in [0.2, 0.25) is 0 Å². The average Bonchev–Trinajstić information content (AvgIpc) is 1.35. The van der Waals surface area contributed by atoms with Gasteiger partial charge in [0.25, 0.3) is 0 Å². The minimum absolute atomic E-state index is 0.0793. The second-order valence-electron chi connectivity index (χ2n) is 0.776. The van der Waals surface area contributed by atoms with Gasteiger partial charge in [-0.25, -0.2) is 0 Å². The Morgan fingerprint density at radius 3 is 2.33 bits per heavy atom. The highest BCUT2D eigenvalue weighted by molar-refractivity contribution is 14.1. The number of ketones is 1. The summed E-state index contributed by atoms with van der Waals surface area (Å²) in [4.78, 5) is 9.87. The average molecular weight is 194 g/mol. The summed E-state index contributed by atoms with van der Waals surface area (Å²) < 4.78 is 2.44. The Balaban J connectivity index is 3.50. The number of hydrogen-bond donors (Lipinski definition) is 0. The molecule has 0 saturated carbocycles. The predicted octanol–water partition coefficient (Wildman–Crippen LogP) is 0.971. The molecule has 0 spiro atoms. The van der Waals surface area contributed by atoms with Crippen molar-refractivity contribution < 1.29 is 4.79 Å². The summed E-state index contributed by atoms with van der Waals surface area (Å²) in [6, 6.07) is 0. The first kappa shape index (κ1) is 5.96. The van der Waals surface area contributed by atoms with Gasteiger partial charge < -0.3 is 0 Å². The van der Waals surface area contributed by atoms with Gasteiger partial charge in [-0.2, -0.15) is 0 Å².